The van der Waals surface area contributed by atoms with Gasteiger partial charge in [0.1, 0.15) is 0 Å². The van der Waals surface area contributed by atoms with Crippen molar-refractivity contribution in [2.75, 3.05) is 25.5 Å². The van der Waals surface area contributed by atoms with Gasteiger partial charge in [-0.3, -0.25) is 0 Å². The van der Waals surface area contributed by atoms with E-state index in [2.05, 4.69) is 20.7 Å². The third kappa shape index (κ3) is 5.48. The molecule has 3 N–H and O–H groups in total. The minimum atomic E-state index is -3.51. The van der Waals surface area contributed by atoms with Gasteiger partial charge in [0.05, 0.1) is 4.90 Å². The molecule has 108 valence electrons. The fourth-order valence-electron chi connectivity index (χ4n) is 1.44. The number of nitrogens with one attached hydrogen (secondary N) is 1. The second kappa shape index (κ2) is 7.84. The van der Waals surface area contributed by atoms with Gasteiger partial charge in [0.2, 0.25) is 10.0 Å². The number of ether oxygens (including phenoxy) is 1. The fraction of sp³-hybridized carbons (Fsp3) is 0.500. The molecule has 0 fully saturated rings. The summed E-state index contributed by atoms with van der Waals surface area (Å²) in [6, 6.07) is 4.61. The van der Waals surface area contributed by atoms with Gasteiger partial charge in [-0.05, 0) is 47.0 Å². The lowest BCUT2D eigenvalue weighted by Gasteiger charge is -2.09. The molecule has 5 nitrogen and oxygen atoms in total. The molecule has 0 saturated heterocycles. The first kappa shape index (κ1) is 16.4. The highest BCUT2D eigenvalue weighted by Gasteiger charge is 2.16. The Hall–Kier alpha value is -0.630. The molecule has 0 spiro atoms. The highest BCUT2D eigenvalue weighted by Crippen LogP contribution is 2.23. The molecule has 0 aliphatic heterocycles. The van der Waals surface area contributed by atoms with Gasteiger partial charge in [0.25, 0.3) is 0 Å². The summed E-state index contributed by atoms with van der Waals surface area (Å²) in [5.41, 5.74) is 6.09. The zero-order valence-electron chi connectivity index (χ0n) is 10.9. The van der Waals surface area contributed by atoms with Crippen LogP contribution < -0.4 is 10.5 Å². The van der Waals surface area contributed by atoms with Gasteiger partial charge in [-0.1, -0.05) is 6.92 Å². The molecular weight excluding hydrogens is 332 g/mol. The largest absolute Gasteiger partial charge is 0.399 e. The highest BCUT2D eigenvalue weighted by atomic mass is 79.9. The second-order valence-corrected chi connectivity index (χ2v) is 6.64. The predicted molar refractivity (Wildman–Crippen MR) is 79.5 cm³/mol. The molecule has 0 saturated carbocycles. The van der Waals surface area contributed by atoms with E-state index in [-0.39, 0.29) is 4.90 Å². The van der Waals surface area contributed by atoms with Crippen LogP contribution in [0.5, 0.6) is 0 Å². The Morgan fingerprint density at radius 2 is 2.11 bits per heavy atom. The summed E-state index contributed by atoms with van der Waals surface area (Å²) < 4.78 is 32.3. The van der Waals surface area contributed by atoms with E-state index in [0.717, 1.165) is 6.42 Å². The van der Waals surface area contributed by atoms with Gasteiger partial charge in [0, 0.05) is 29.9 Å². The van der Waals surface area contributed by atoms with Gasteiger partial charge in [-0.25, -0.2) is 13.1 Å². The number of sulfonamides is 1. The van der Waals surface area contributed by atoms with Gasteiger partial charge in [-0.2, -0.15) is 0 Å². The zero-order chi connectivity index (χ0) is 14.3. The summed E-state index contributed by atoms with van der Waals surface area (Å²) in [4.78, 5) is 0.191. The molecule has 0 bridgehead atoms. The van der Waals surface area contributed by atoms with Crippen molar-refractivity contribution < 1.29 is 13.2 Å². The first-order valence-electron chi connectivity index (χ1n) is 6.10. The molecule has 0 aliphatic rings. The number of nitrogens with two attached hydrogens (primary N) is 1. The molecule has 1 rings (SSSR count). The van der Waals surface area contributed by atoms with Crippen molar-refractivity contribution >= 4 is 31.6 Å². The van der Waals surface area contributed by atoms with E-state index in [1.165, 1.54) is 6.07 Å². The van der Waals surface area contributed by atoms with Crippen molar-refractivity contribution in [3.05, 3.63) is 22.7 Å². The van der Waals surface area contributed by atoms with E-state index in [1.54, 1.807) is 12.1 Å². The van der Waals surface area contributed by atoms with Crippen molar-refractivity contribution in [3.8, 4) is 0 Å². The zero-order valence-corrected chi connectivity index (χ0v) is 13.3. The van der Waals surface area contributed by atoms with Gasteiger partial charge in [-0.15, -0.1) is 0 Å². The summed E-state index contributed by atoms with van der Waals surface area (Å²) in [5.74, 6) is 0. The minimum Gasteiger partial charge on any atom is -0.399 e. The number of hydrogen-bond donors (Lipinski definition) is 2. The Labute approximate surface area is 122 Å². The van der Waals surface area contributed by atoms with Crippen LogP contribution in [0.15, 0.2) is 27.6 Å². The van der Waals surface area contributed by atoms with E-state index in [0.29, 0.717) is 36.3 Å². The molecule has 0 radical (unpaired) electrons. The molecule has 0 atom stereocenters. The first-order chi connectivity index (χ1) is 8.97. The Morgan fingerprint density at radius 3 is 2.74 bits per heavy atom. The standard InChI is InChI=1S/C12H19BrN2O3S/c1-2-7-18-8-3-6-15-19(16,17)12-5-4-10(14)9-11(12)13/h4-5,9,15H,2-3,6-8,14H2,1H3. The maximum Gasteiger partial charge on any atom is 0.241 e. The average Bonchev–Trinajstić information content (AvgIpc) is 2.33. The van der Waals surface area contributed by atoms with Crippen LogP contribution in [-0.4, -0.2) is 28.2 Å². The van der Waals surface area contributed by atoms with Crippen LogP contribution in [0.25, 0.3) is 0 Å². The van der Waals surface area contributed by atoms with Crippen LogP contribution in [-0.2, 0) is 14.8 Å². The van der Waals surface area contributed by atoms with Crippen molar-refractivity contribution in [2.45, 2.75) is 24.7 Å². The average molecular weight is 351 g/mol. The molecule has 0 heterocycles. The minimum absolute atomic E-state index is 0.191. The van der Waals surface area contributed by atoms with Gasteiger partial charge >= 0.3 is 0 Å². The molecule has 19 heavy (non-hydrogen) atoms. The van der Waals surface area contributed by atoms with Gasteiger partial charge < -0.3 is 10.5 Å². The molecule has 0 aromatic heterocycles. The van der Waals surface area contributed by atoms with Crippen molar-refractivity contribution in [2.24, 2.45) is 0 Å². The quantitative estimate of drug-likeness (QED) is 0.555. The summed E-state index contributed by atoms with van der Waals surface area (Å²) in [6.45, 7) is 3.64. The first-order valence-corrected chi connectivity index (χ1v) is 8.37. The predicted octanol–water partition coefficient (Wildman–Crippen LogP) is 2.13. The van der Waals surface area contributed by atoms with Crippen LogP contribution >= 0.6 is 15.9 Å². The van der Waals surface area contributed by atoms with E-state index >= 15 is 0 Å². The Kier molecular flexibility index (Phi) is 6.78. The molecular formula is C12H19BrN2O3S. The smallest absolute Gasteiger partial charge is 0.241 e. The van der Waals surface area contributed by atoms with E-state index in [9.17, 15) is 8.42 Å². The highest BCUT2D eigenvalue weighted by molar-refractivity contribution is 9.10. The molecule has 0 aliphatic carbocycles. The Balaban J connectivity index is 2.52. The topological polar surface area (TPSA) is 81.4 Å². The van der Waals surface area contributed by atoms with Crippen LogP contribution in [0.4, 0.5) is 5.69 Å². The normalized spacial score (nSPS) is 11.7. The number of rotatable bonds is 8. The maximum atomic E-state index is 12.0. The number of hydrogen-bond acceptors (Lipinski definition) is 4. The van der Waals surface area contributed by atoms with Crippen LogP contribution in [0.1, 0.15) is 19.8 Å². The monoisotopic (exact) mass is 350 g/mol. The molecule has 0 amide bonds. The number of benzene rings is 1. The summed E-state index contributed by atoms with van der Waals surface area (Å²) in [5, 5.41) is 0. The lowest BCUT2D eigenvalue weighted by molar-refractivity contribution is 0.133. The Morgan fingerprint density at radius 1 is 1.37 bits per heavy atom. The summed E-state index contributed by atoms with van der Waals surface area (Å²) in [6.07, 6.45) is 1.61. The molecule has 0 unspecified atom stereocenters. The second-order valence-electron chi connectivity index (χ2n) is 4.05. The number of nitrogen functional groups attached to an aromatic ring is 1. The SMILES string of the molecule is CCCOCCCNS(=O)(=O)c1ccc(N)cc1Br. The number of halogens is 1. The van der Waals surface area contributed by atoms with E-state index in [4.69, 9.17) is 10.5 Å². The van der Waals surface area contributed by atoms with E-state index in [1.807, 2.05) is 6.92 Å². The maximum absolute atomic E-state index is 12.0. The van der Waals surface area contributed by atoms with Crippen molar-refractivity contribution in [1.29, 1.82) is 0 Å². The van der Waals surface area contributed by atoms with Crippen LogP contribution in [0.3, 0.4) is 0 Å². The van der Waals surface area contributed by atoms with Crippen molar-refractivity contribution in [1.82, 2.24) is 4.72 Å². The fourth-order valence-corrected chi connectivity index (χ4v) is 3.61. The Bertz CT molecular complexity index is 506. The third-order valence-electron chi connectivity index (χ3n) is 2.35. The summed E-state index contributed by atoms with van der Waals surface area (Å²) >= 11 is 3.20. The molecule has 1 aromatic rings. The van der Waals surface area contributed by atoms with E-state index < -0.39 is 10.0 Å². The van der Waals surface area contributed by atoms with Crippen molar-refractivity contribution in [3.63, 3.8) is 0 Å². The van der Waals surface area contributed by atoms with Crippen LogP contribution in [0, 0.1) is 0 Å². The van der Waals surface area contributed by atoms with Crippen LogP contribution in [0.2, 0.25) is 0 Å². The molecule has 7 heteroatoms. The lowest BCUT2D eigenvalue weighted by atomic mass is 10.3. The van der Waals surface area contributed by atoms with Gasteiger partial charge in [0.15, 0.2) is 0 Å². The lowest BCUT2D eigenvalue weighted by Crippen LogP contribution is -2.26. The summed E-state index contributed by atoms with van der Waals surface area (Å²) in [7, 11) is -3.51. The third-order valence-corrected chi connectivity index (χ3v) is 4.79. The number of anilines is 1. The molecule has 1 aromatic carbocycles.